The SMILES string of the molecule is Cc1cc(C(=O)N2CCN(CCCl)CC2)sc1Br. The Balaban J connectivity index is 1.95. The Bertz CT molecular complexity index is 410. The maximum Gasteiger partial charge on any atom is 0.264 e. The lowest BCUT2D eigenvalue weighted by atomic mass is 10.2. The fourth-order valence-electron chi connectivity index (χ4n) is 2.02. The van der Waals surface area contributed by atoms with Gasteiger partial charge in [-0.2, -0.15) is 0 Å². The molecule has 1 aliphatic heterocycles. The number of carbonyl (C=O) groups is 1. The van der Waals surface area contributed by atoms with Crippen LogP contribution in [0.5, 0.6) is 0 Å². The van der Waals surface area contributed by atoms with Gasteiger partial charge in [0.1, 0.15) is 0 Å². The number of halogens is 2. The van der Waals surface area contributed by atoms with Gasteiger partial charge in [0, 0.05) is 38.6 Å². The molecule has 0 N–H and O–H groups in total. The van der Waals surface area contributed by atoms with Crippen LogP contribution in [-0.2, 0) is 0 Å². The van der Waals surface area contributed by atoms with Gasteiger partial charge in [-0.1, -0.05) is 0 Å². The lowest BCUT2D eigenvalue weighted by Crippen LogP contribution is -2.48. The molecular weight excluding hydrogens is 336 g/mol. The number of piperazine rings is 1. The first kappa shape index (κ1) is 14.3. The molecular formula is C12H16BrClN2OS. The van der Waals surface area contributed by atoms with Crippen molar-refractivity contribution in [1.29, 1.82) is 0 Å². The van der Waals surface area contributed by atoms with E-state index < -0.39 is 0 Å². The van der Waals surface area contributed by atoms with Crippen molar-refractivity contribution in [2.45, 2.75) is 6.92 Å². The Labute approximate surface area is 125 Å². The van der Waals surface area contributed by atoms with Crippen molar-refractivity contribution < 1.29 is 4.79 Å². The number of hydrogen-bond donors (Lipinski definition) is 0. The van der Waals surface area contributed by atoms with Crippen LogP contribution in [0, 0.1) is 6.92 Å². The summed E-state index contributed by atoms with van der Waals surface area (Å²) < 4.78 is 1.05. The Morgan fingerprint density at radius 3 is 2.61 bits per heavy atom. The smallest absolute Gasteiger partial charge is 0.264 e. The van der Waals surface area contributed by atoms with Crippen molar-refractivity contribution in [3.8, 4) is 0 Å². The molecule has 1 fully saturated rings. The maximum absolute atomic E-state index is 12.3. The molecule has 0 spiro atoms. The lowest BCUT2D eigenvalue weighted by molar-refractivity contribution is 0.0649. The van der Waals surface area contributed by atoms with Crippen LogP contribution in [0.4, 0.5) is 0 Å². The van der Waals surface area contributed by atoms with E-state index in [0.29, 0.717) is 5.88 Å². The second-order valence-corrected chi connectivity index (χ2v) is 7.14. The molecule has 0 bridgehead atoms. The molecule has 3 nitrogen and oxygen atoms in total. The van der Waals surface area contributed by atoms with Crippen molar-refractivity contribution in [2.24, 2.45) is 0 Å². The molecule has 0 aliphatic carbocycles. The van der Waals surface area contributed by atoms with Gasteiger partial charge in [0.25, 0.3) is 5.91 Å². The lowest BCUT2D eigenvalue weighted by Gasteiger charge is -2.34. The first-order valence-electron chi connectivity index (χ1n) is 5.95. The van der Waals surface area contributed by atoms with Gasteiger partial charge in [-0.05, 0) is 34.5 Å². The summed E-state index contributed by atoms with van der Waals surface area (Å²) in [7, 11) is 0. The van der Waals surface area contributed by atoms with Gasteiger partial charge in [-0.15, -0.1) is 22.9 Å². The zero-order chi connectivity index (χ0) is 13.1. The van der Waals surface area contributed by atoms with E-state index in [4.69, 9.17) is 11.6 Å². The van der Waals surface area contributed by atoms with Gasteiger partial charge in [0.15, 0.2) is 0 Å². The van der Waals surface area contributed by atoms with Gasteiger partial charge in [-0.3, -0.25) is 9.69 Å². The van der Waals surface area contributed by atoms with E-state index in [2.05, 4.69) is 20.8 Å². The van der Waals surface area contributed by atoms with Gasteiger partial charge >= 0.3 is 0 Å². The highest BCUT2D eigenvalue weighted by Gasteiger charge is 2.23. The normalized spacial score (nSPS) is 17.2. The predicted octanol–water partition coefficient (Wildman–Crippen LogP) is 2.82. The molecule has 100 valence electrons. The molecule has 1 aromatic rings. The molecule has 0 aromatic carbocycles. The van der Waals surface area contributed by atoms with Gasteiger partial charge in [0.2, 0.25) is 0 Å². The zero-order valence-electron chi connectivity index (χ0n) is 10.3. The van der Waals surface area contributed by atoms with Crippen molar-refractivity contribution in [3.05, 3.63) is 20.3 Å². The number of amides is 1. The average Bonchev–Trinajstić information content (AvgIpc) is 2.70. The summed E-state index contributed by atoms with van der Waals surface area (Å²) in [6, 6.07) is 1.96. The van der Waals surface area contributed by atoms with Crippen LogP contribution in [0.2, 0.25) is 0 Å². The topological polar surface area (TPSA) is 23.6 Å². The molecule has 0 radical (unpaired) electrons. The van der Waals surface area contributed by atoms with Crippen LogP contribution in [0.3, 0.4) is 0 Å². The molecule has 6 heteroatoms. The van der Waals surface area contributed by atoms with E-state index in [1.54, 1.807) is 0 Å². The number of aryl methyl sites for hydroxylation is 1. The number of alkyl halides is 1. The third kappa shape index (κ3) is 3.26. The Morgan fingerprint density at radius 2 is 2.11 bits per heavy atom. The monoisotopic (exact) mass is 350 g/mol. The molecule has 1 aliphatic rings. The molecule has 0 atom stereocenters. The van der Waals surface area contributed by atoms with Crippen molar-refractivity contribution in [2.75, 3.05) is 38.6 Å². The minimum absolute atomic E-state index is 0.152. The highest BCUT2D eigenvalue weighted by molar-refractivity contribution is 9.11. The predicted molar refractivity (Wildman–Crippen MR) is 79.8 cm³/mol. The van der Waals surface area contributed by atoms with E-state index >= 15 is 0 Å². The van der Waals surface area contributed by atoms with Gasteiger partial charge in [0.05, 0.1) is 8.66 Å². The summed E-state index contributed by atoms with van der Waals surface area (Å²) >= 11 is 10.7. The average molecular weight is 352 g/mol. The highest BCUT2D eigenvalue weighted by Crippen LogP contribution is 2.28. The van der Waals surface area contributed by atoms with Crippen molar-refractivity contribution >= 4 is 44.8 Å². The largest absolute Gasteiger partial charge is 0.335 e. The Hall–Kier alpha value is -0.100. The summed E-state index contributed by atoms with van der Waals surface area (Å²) in [5.41, 5.74) is 1.13. The molecule has 2 rings (SSSR count). The quantitative estimate of drug-likeness (QED) is 0.782. The molecule has 1 saturated heterocycles. The second-order valence-electron chi connectivity index (χ2n) is 4.39. The molecule has 0 saturated carbocycles. The number of carbonyl (C=O) groups excluding carboxylic acids is 1. The second kappa shape index (κ2) is 6.37. The van der Waals surface area contributed by atoms with E-state index in [1.807, 2.05) is 17.9 Å². The first-order chi connectivity index (χ1) is 8.61. The van der Waals surface area contributed by atoms with Crippen LogP contribution < -0.4 is 0 Å². The molecule has 2 heterocycles. The summed E-state index contributed by atoms with van der Waals surface area (Å²) in [5.74, 6) is 0.810. The third-order valence-electron chi connectivity index (χ3n) is 3.13. The highest BCUT2D eigenvalue weighted by atomic mass is 79.9. The van der Waals surface area contributed by atoms with Crippen LogP contribution in [0.15, 0.2) is 9.85 Å². The first-order valence-corrected chi connectivity index (χ1v) is 8.09. The summed E-state index contributed by atoms with van der Waals surface area (Å²) in [6.45, 7) is 6.35. The minimum atomic E-state index is 0.152. The van der Waals surface area contributed by atoms with E-state index in [-0.39, 0.29) is 5.91 Å². The van der Waals surface area contributed by atoms with E-state index in [0.717, 1.165) is 47.0 Å². The number of nitrogens with zero attached hydrogens (tertiary/aromatic N) is 2. The van der Waals surface area contributed by atoms with Crippen LogP contribution >= 0.6 is 38.9 Å². The molecule has 18 heavy (non-hydrogen) atoms. The minimum Gasteiger partial charge on any atom is -0.335 e. The fraction of sp³-hybridized carbons (Fsp3) is 0.583. The molecule has 0 unspecified atom stereocenters. The number of hydrogen-bond acceptors (Lipinski definition) is 3. The van der Waals surface area contributed by atoms with Crippen molar-refractivity contribution in [3.63, 3.8) is 0 Å². The third-order valence-corrected chi connectivity index (χ3v) is 5.42. The summed E-state index contributed by atoms with van der Waals surface area (Å²) in [5, 5.41) is 0. The van der Waals surface area contributed by atoms with Crippen LogP contribution in [-0.4, -0.2) is 54.3 Å². The van der Waals surface area contributed by atoms with Crippen molar-refractivity contribution in [1.82, 2.24) is 9.80 Å². The Kier molecular flexibility index (Phi) is 5.06. The summed E-state index contributed by atoms with van der Waals surface area (Å²) in [4.78, 5) is 17.4. The zero-order valence-corrected chi connectivity index (χ0v) is 13.4. The number of rotatable bonds is 3. The van der Waals surface area contributed by atoms with E-state index in [1.165, 1.54) is 11.3 Å². The summed E-state index contributed by atoms with van der Waals surface area (Å²) in [6.07, 6.45) is 0. The Morgan fingerprint density at radius 1 is 1.44 bits per heavy atom. The van der Waals surface area contributed by atoms with Gasteiger partial charge in [-0.25, -0.2) is 0 Å². The van der Waals surface area contributed by atoms with Crippen LogP contribution in [0.1, 0.15) is 15.2 Å². The maximum atomic E-state index is 12.3. The molecule has 1 amide bonds. The van der Waals surface area contributed by atoms with Gasteiger partial charge < -0.3 is 4.90 Å². The van der Waals surface area contributed by atoms with E-state index in [9.17, 15) is 4.79 Å². The standard InChI is InChI=1S/C12H16BrClN2OS/c1-9-8-10(18-11(9)13)12(17)16-6-4-15(3-2-14)5-7-16/h8H,2-7H2,1H3. The molecule has 1 aromatic heterocycles. The van der Waals surface area contributed by atoms with Crippen LogP contribution in [0.25, 0.3) is 0 Å². The fourth-order valence-corrected chi connectivity index (χ4v) is 3.76. The number of thiophene rings is 1.